The molecule has 0 atom stereocenters. The van der Waals surface area contributed by atoms with Gasteiger partial charge in [0.2, 0.25) is 5.91 Å². The molecule has 1 aliphatic rings. The van der Waals surface area contributed by atoms with Crippen molar-refractivity contribution in [1.29, 1.82) is 0 Å². The number of hydrogen-bond acceptors (Lipinski definition) is 6. The van der Waals surface area contributed by atoms with Crippen molar-refractivity contribution in [3.63, 3.8) is 0 Å². The number of rotatable bonds is 6. The van der Waals surface area contributed by atoms with Crippen molar-refractivity contribution in [3.8, 4) is 11.3 Å². The summed E-state index contributed by atoms with van der Waals surface area (Å²) in [6.07, 6.45) is 2.79. The number of piperazine rings is 1. The van der Waals surface area contributed by atoms with Crippen LogP contribution in [0.3, 0.4) is 0 Å². The second-order valence-electron chi connectivity index (χ2n) is 7.32. The third kappa shape index (κ3) is 5.36. The van der Waals surface area contributed by atoms with Crippen molar-refractivity contribution in [2.24, 2.45) is 0 Å². The molecule has 33 heavy (non-hydrogen) atoms. The Balaban J connectivity index is 1.45. The highest BCUT2D eigenvalue weighted by atomic mass is 35.5. The predicted molar refractivity (Wildman–Crippen MR) is 130 cm³/mol. The maximum Gasteiger partial charge on any atom is 0.294 e. The molecule has 10 heteroatoms. The first-order valence-corrected chi connectivity index (χ1v) is 11.0. The average Bonchev–Trinajstić information content (AvgIpc) is 3.29. The second-order valence-corrected chi connectivity index (χ2v) is 8.11. The number of carbonyl (C=O) groups excluding carboxylic acids is 1. The molecule has 1 amide bonds. The summed E-state index contributed by atoms with van der Waals surface area (Å²) in [6, 6.07) is 13.3. The fourth-order valence-corrected chi connectivity index (χ4v) is 3.94. The fourth-order valence-electron chi connectivity index (χ4n) is 3.54. The van der Waals surface area contributed by atoms with Crippen LogP contribution in [0.25, 0.3) is 17.4 Å². The van der Waals surface area contributed by atoms with Crippen LogP contribution >= 0.6 is 23.2 Å². The van der Waals surface area contributed by atoms with Gasteiger partial charge in [-0.2, -0.15) is 0 Å². The summed E-state index contributed by atoms with van der Waals surface area (Å²) in [5.74, 6) is 0.510. The summed E-state index contributed by atoms with van der Waals surface area (Å²) < 4.78 is 5.73. The van der Waals surface area contributed by atoms with Gasteiger partial charge in [-0.25, -0.2) is 0 Å². The van der Waals surface area contributed by atoms with Crippen molar-refractivity contribution in [2.75, 3.05) is 36.4 Å². The normalized spacial score (nSPS) is 13.9. The van der Waals surface area contributed by atoms with Crippen molar-refractivity contribution in [1.82, 2.24) is 5.32 Å². The maximum atomic E-state index is 12.4. The van der Waals surface area contributed by atoms with E-state index in [1.54, 1.807) is 42.5 Å². The molecule has 0 aliphatic carbocycles. The van der Waals surface area contributed by atoms with Gasteiger partial charge in [-0.05, 0) is 42.5 Å². The number of hydrogen-bond donors (Lipinski definition) is 2. The number of nitro groups is 1. The number of nitrogens with one attached hydrogen (secondary N) is 2. The molecule has 0 bridgehead atoms. The summed E-state index contributed by atoms with van der Waals surface area (Å²) in [4.78, 5) is 25.5. The first kappa shape index (κ1) is 22.8. The van der Waals surface area contributed by atoms with Crippen molar-refractivity contribution in [3.05, 3.63) is 80.5 Å². The number of nitro benzene ring substituents is 1. The van der Waals surface area contributed by atoms with Gasteiger partial charge in [-0.3, -0.25) is 14.9 Å². The lowest BCUT2D eigenvalue weighted by molar-refractivity contribution is -0.384. The molecule has 1 fully saturated rings. The van der Waals surface area contributed by atoms with E-state index in [0.717, 1.165) is 13.1 Å². The molecular formula is C23H20Cl2N4O4. The van der Waals surface area contributed by atoms with E-state index in [2.05, 4.69) is 10.6 Å². The van der Waals surface area contributed by atoms with Crippen LogP contribution in [0.15, 0.2) is 59.0 Å². The Morgan fingerprint density at radius 3 is 2.70 bits per heavy atom. The molecule has 0 spiro atoms. The molecule has 2 aromatic carbocycles. The van der Waals surface area contributed by atoms with E-state index in [0.29, 0.717) is 51.6 Å². The second kappa shape index (κ2) is 10.1. The van der Waals surface area contributed by atoms with E-state index in [9.17, 15) is 14.9 Å². The van der Waals surface area contributed by atoms with Gasteiger partial charge in [0, 0.05) is 49.6 Å². The van der Waals surface area contributed by atoms with Crippen LogP contribution in [-0.2, 0) is 4.79 Å². The van der Waals surface area contributed by atoms with Crippen LogP contribution in [0, 0.1) is 10.1 Å². The van der Waals surface area contributed by atoms with E-state index >= 15 is 0 Å². The molecule has 3 aromatic rings. The zero-order chi connectivity index (χ0) is 23.4. The highest BCUT2D eigenvalue weighted by molar-refractivity contribution is 6.43. The Morgan fingerprint density at radius 2 is 1.94 bits per heavy atom. The SMILES string of the molecule is O=C(/C=C/c1ccc(-c2cccc(Cl)c2Cl)o1)Nc1ccc(N2CCNCC2)c([N+](=O)[O-])c1. The quantitative estimate of drug-likeness (QED) is 0.281. The predicted octanol–water partition coefficient (Wildman–Crippen LogP) is 5.22. The van der Waals surface area contributed by atoms with E-state index in [-0.39, 0.29) is 5.69 Å². The number of halogens is 2. The third-order valence-corrected chi connectivity index (χ3v) is 5.96. The summed E-state index contributed by atoms with van der Waals surface area (Å²) in [5.41, 5.74) is 1.47. The highest BCUT2D eigenvalue weighted by Gasteiger charge is 2.21. The number of furan rings is 1. The lowest BCUT2D eigenvalue weighted by Gasteiger charge is -2.29. The van der Waals surface area contributed by atoms with Crippen LogP contribution in [-0.4, -0.2) is 37.0 Å². The first-order chi connectivity index (χ1) is 15.9. The third-order valence-electron chi connectivity index (χ3n) is 5.14. The lowest BCUT2D eigenvalue weighted by atomic mass is 10.2. The van der Waals surface area contributed by atoms with E-state index < -0.39 is 10.8 Å². The van der Waals surface area contributed by atoms with Gasteiger partial charge in [0.25, 0.3) is 5.69 Å². The van der Waals surface area contributed by atoms with Gasteiger partial charge in [-0.15, -0.1) is 0 Å². The molecular weight excluding hydrogens is 467 g/mol. The maximum absolute atomic E-state index is 12.4. The van der Waals surface area contributed by atoms with E-state index in [1.165, 1.54) is 18.2 Å². The van der Waals surface area contributed by atoms with Crippen LogP contribution in [0.2, 0.25) is 10.0 Å². The highest BCUT2D eigenvalue weighted by Crippen LogP contribution is 2.34. The Hall–Kier alpha value is -3.33. The molecule has 1 aromatic heterocycles. The Kier molecular flexibility index (Phi) is 6.98. The van der Waals surface area contributed by atoms with Crippen molar-refractivity contribution < 1.29 is 14.1 Å². The van der Waals surface area contributed by atoms with E-state index in [1.807, 2.05) is 4.90 Å². The molecule has 0 unspecified atom stereocenters. The molecule has 1 aliphatic heterocycles. The Morgan fingerprint density at radius 1 is 1.15 bits per heavy atom. The number of anilines is 2. The standard InChI is InChI=1S/C23H20Cl2N4O4/c24-18-3-1-2-17(23(18)25)21-8-5-16(33-21)6-9-22(30)27-15-4-7-19(20(14-15)29(31)32)28-12-10-26-11-13-28/h1-9,14,26H,10-13H2,(H,27,30)/b9-6+. The zero-order valence-corrected chi connectivity index (χ0v) is 18.9. The van der Waals surface area contributed by atoms with Crippen LogP contribution in [0.1, 0.15) is 5.76 Å². The summed E-state index contributed by atoms with van der Waals surface area (Å²) in [5, 5.41) is 18.3. The molecule has 8 nitrogen and oxygen atoms in total. The van der Waals surface area contributed by atoms with Crippen molar-refractivity contribution >= 4 is 52.2 Å². The van der Waals surface area contributed by atoms with Crippen LogP contribution < -0.4 is 15.5 Å². The monoisotopic (exact) mass is 486 g/mol. The molecule has 4 rings (SSSR count). The molecule has 0 radical (unpaired) electrons. The fraction of sp³-hybridized carbons (Fsp3) is 0.174. The number of amides is 1. The van der Waals surface area contributed by atoms with Gasteiger partial charge in [-0.1, -0.05) is 29.3 Å². The van der Waals surface area contributed by atoms with Crippen LogP contribution in [0.5, 0.6) is 0 Å². The molecule has 170 valence electrons. The number of benzene rings is 2. The van der Waals surface area contributed by atoms with Crippen LogP contribution in [0.4, 0.5) is 17.1 Å². The van der Waals surface area contributed by atoms with Gasteiger partial charge < -0.3 is 20.0 Å². The minimum atomic E-state index is -0.446. The minimum absolute atomic E-state index is 0.0484. The van der Waals surface area contributed by atoms with Gasteiger partial charge in [0.15, 0.2) is 0 Å². The molecule has 2 N–H and O–H groups in total. The summed E-state index contributed by atoms with van der Waals surface area (Å²) in [6.45, 7) is 2.89. The zero-order valence-electron chi connectivity index (χ0n) is 17.4. The summed E-state index contributed by atoms with van der Waals surface area (Å²) >= 11 is 12.3. The topological polar surface area (TPSA) is 101 Å². The smallest absolute Gasteiger partial charge is 0.294 e. The van der Waals surface area contributed by atoms with Gasteiger partial charge >= 0.3 is 0 Å². The number of carbonyl (C=O) groups is 1. The molecule has 2 heterocycles. The number of nitrogens with zero attached hydrogens (tertiary/aromatic N) is 2. The molecule has 0 saturated carbocycles. The van der Waals surface area contributed by atoms with Gasteiger partial charge in [0.05, 0.1) is 15.0 Å². The lowest BCUT2D eigenvalue weighted by Crippen LogP contribution is -2.43. The van der Waals surface area contributed by atoms with Gasteiger partial charge in [0.1, 0.15) is 17.2 Å². The summed E-state index contributed by atoms with van der Waals surface area (Å²) in [7, 11) is 0. The average molecular weight is 487 g/mol. The van der Waals surface area contributed by atoms with E-state index in [4.69, 9.17) is 27.6 Å². The first-order valence-electron chi connectivity index (χ1n) is 10.2. The Bertz CT molecular complexity index is 1220. The minimum Gasteiger partial charge on any atom is -0.457 e. The largest absolute Gasteiger partial charge is 0.457 e. The van der Waals surface area contributed by atoms with Crippen molar-refractivity contribution in [2.45, 2.75) is 0 Å². The Labute approximate surface area is 199 Å². The molecule has 1 saturated heterocycles.